The van der Waals surface area contributed by atoms with Crippen molar-refractivity contribution in [3.8, 4) is 0 Å². The zero-order chi connectivity index (χ0) is 16.9. The summed E-state index contributed by atoms with van der Waals surface area (Å²) >= 11 is 1.13. The van der Waals surface area contributed by atoms with Crippen LogP contribution in [0.1, 0.15) is 104 Å². The summed E-state index contributed by atoms with van der Waals surface area (Å²) in [6.07, 6.45) is 14.2. The summed E-state index contributed by atoms with van der Waals surface area (Å²) in [5.74, 6) is -1.03. The molecule has 0 spiro atoms. The van der Waals surface area contributed by atoms with Gasteiger partial charge < -0.3 is 5.11 Å². The summed E-state index contributed by atoms with van der Waals surface area (Å²) in [4.78, 5) is 23.2. The van der Waals surface area contributed by atoms with Gasteiger partial charge in [0.2, 0.25) is 0 Å². The molecule has 1 heterocycles. The third kappa shape index (κ3) is 8.31. The van der Waals surface area contributed by atoms with Gasteiger partial charge in [0.1, 0.15) is 4.88 Å². The van der Waals surface area contributed by atoms with Crippen LogP contribution >= 0.6 is 11.3 Å². The van der Waals surface area contributed by atoms with E-state index >= 15 is 0 Å². The summed E-state index contributed by atoms with van der Waals surface area (Å²) in [6, 6.07) is 1.63. The average Bonchev–Trinajstić information content (AvgIpc) is 3.02. The fraction of sp³-hybridized carbons (Fsp3) is 0.684. The van der Waals surface area contributed by atoms with Crippen LogP contribution in [0.5, 0.6) is 0 Å². The Bertz CT molecular complexity index is 465. The molecule has 0 radical (unpaired) electrons. The van der Waals surface area contributed by atoms with Crippen LogP contribution in [0.4, 0.5) is 0 Å². The number of rotatable bonds is 14. The van der Waals surface area contributed by atoms with Gasteiger partial charge in [-0.3, -0.25) is 4.79 Å². The minimum Gasteiger partial charge on any atom is -0.477 e. The molecule has 3 nitrogen and oxygen atoms in total. The molecule has 1 aromatic rings. The van der Waals surface area contributed by atoms with E-state index < -0.39 is 5.97 Å². The number of Topliss-reactive ketones (excluding diaryl/α,β-unsaturated/α-hetero) is 1. The molecule has 1 rings (SSSR count). The molecule has 1 N–H and O–H groups in total. The van der Waals surface area contributed by atoms with Crippen LogP contribution < -0.4 is 0 Å². The molecular formula is C19H30O3S. The topological polar surface area (TPSA) is 54.4 Å². The normalized spacial score (nSPS) is 10.8. The highest BCUT2D eigenvalue weighted by Gasteiger charge is 2.17. The highest BCUT2D eigenvalue weighted by molar-refractivity contribution is 7.12. The number of carbonyl (C=O) groups is 2. The Morgan fingerprint density at radius 3 is 1.96 bits per heavy atom. The lowest BCUT2D eigenvalue weighted by Crippen LogP contribution is -2.04. The van der Waals surface area contributed by atoms with E-state index in [9.17, 15) is 9.59 Å². The number of ketones is 1. The quantitative estimate of drug-likeness (QED) is 0.318. The molecule has 23 heavy (non-hydrogen) atoms. The molecule has 0 unspecified atom stereocenters. The molecule has 130 valence electrons. The maximum Gasteiger partial charge on any atom is 0.346 e. The Morgan fingerprint density at radius 1 is 0.913 bits per heavy atom. The van der Waals surface area contributed by atoms with Crippen molar-refractivity contribution in [2.45, 2.75) is 84.0 Å². The van der Waals surface area contributed by atoms with Gasteiger partial charge in [0.25, 0.3) is 0 Å². The lowest BCUT2D eigenvalue weighted by molar-refractivity contribution is 0.0697. The minimum absolute atomic E-state index is 0.0282. The van der Waals surface area contributed by atoms with Crippen molar-refractivity contribution in [3.05, 3.63) is 21.9 Å². The van der Waals surface area contributed by atoms with Crippen LogP contribution in [-0.4, -0.2) is 16.9 Å². The SMILES string of the molecule is CCCCCCCCCCCCCC(=O)c1ccsc1C(=O)O. The third-order valence-electron chi connectivity index (χ3n) is 4.17. The Hall–Kier alpha value is -1.16. The number of hydrogen-bond acceptors (Lipinski definition) is 3. The van der Waals surface area contributed by atoms with Gasteiger partial charge in [-0.15, -0.1) is 11.3 Å². The van der Waals surface area contributed by atoms with Crippen molar-refractivity contribution in [1.82, 2.24) is 0 Å². The van der Waals surface area contributed by atoms with Crippen LogP contribution in [0.25, 0.3) is 0 Å². The molecule has 0 aliphatic heterocycles. The van der Waals surface area contributed by atoms with Crippen molar-refractivity contribution >= 4 is 23.1 Å². The third-order valence-corrected chi connectivity index (χ3v) is 5.07. The first-order valence-electron chi connectivity index (χ1n) is 9.00. The van der Waals surface area contributed by atoms with E-state index in [0.29, 0.717) is 12.0 Å². The van der Waals surface area contributed by atoms with Gasteiger partial charge in [-0.1, -0.05) is 71.1 Å². The van der Waals surface area contributed by atoms with Crippen molar-refractivity contribution in [2.24, 2.45) is 0 Å². The van der Waals surface area contributed by atoms with Crippen molar-refractivity contribution in [2.75, 3.05) is 0 Å². The van der Waals surface area contributed by atoms with E-state index in [1.54, 1.807) is 11.4 Å². The van der Waals surface area contributed by atoms with Crippen molar-refractivity contribution in [1.29, 1.82) is 0 Å². The second kappa shape index (κ2) is 12.3. The van der Waals surface area contributed by atoms with E-state index in [1.807, 2.05) is 0 Å². The Morgan fingerprint density at radius 2 is 1.43 bits per heavy atom. The largest absolute Gasteiger partial charge is 0.477 e. The van der Waals surface area contributed by atoms with Crippen LogP contribution in [0, 0.1) is 0 Å². The van der Waals surface area contributed by atoms with Gasteiger partial charge in [0.05, 0.1) is 0 Å². The fourth-order valence-electron chi connectivity index (χ4n) is 2.78. The first-order chi connectivity index (χ1) is 11.2. The highest BCUT2D eigenvalue weighted by atomic mass is 32.1. The molecule has 0 aliphatic rings. The number of carbonyl (C=O) groups excluding carboxylic acids is 1. The summed E-state index contributed by atoms with van der Waals surface area (Å²) in [5, 5.41) is 10.7. The predicted molar refractivity (Wildman–Crippen MR) is 96.7 cm³/mol. The molecule has 0 atom stereocenters. The molecule has 1 aromatic heterocycles. The molecule has 0 amide bonds. The van der Waals surface area contributed by atoms with E-state index in [-0.39, 0.29) is 10.7 Å². The van der Waals surface area contributed by atoms with Crippen molar-refractivity contribution in [3.63, 3.8) is 0 Å². The molecule has 0 aromatic carbocycles. The summed E-state index contributed by atoms with van der Waals surface area (Å²) in [6.45, 7) is 2.24. The van der Waals surface area contributed by atoms with Crippen molar-refractivity contribution < 1.29 is 14.7 Å². The number of aromatic carboxylic acids is 1. The van der Waals surface area contributed by atoms with Gasteiger partial charge in [0.15, 0.2) is 5.78 Å². The minimum atomic E-state index is -0.998. The number of carboxylic acid groups (broad SMARTS) is 1. The second-order valence-electron chi connectivity index (χ2n) is 6.18. The van der Waals surface area contributed by atoms with E-state index in [2.05, 4.69) is 6.92 Å². The summed E-state index contributed by atoms with van der Waals surface area (Å²) in [7, 11) is 0. The summed E-state index contributed by atoms with van der Waals surface area (Å²) in [5.41, 5.74) is 0.384. The lowest BCUT2D eigenvalue weighted by Gasteiger charge is -2.03. The number of carboxylic acids is 1. The Balaban J connectivity index is 2.01. The van der Waals surface area contributed by atoms with E-state index in [0.717, 1.165) is 24.2 Å². The standard InChI is InChI=1S/C19H30O3S/c1-2-3-4-5-6-7-8-9-10-11-12-13-17(20)16-14-15-23-18(16)19(21)22/h14-15H,2-13H2,1H3,(H,21,22). The van der Waals surface area contributed by atoms with Gasteiger partial charge >= 0.3 is 5.97 Å². The van der Waals surface area contributed by atoms with Crippen LogP contribution in [0.2, 0.25) is 0 Å². The number of hydrogen-bond donors (Lipinski definition) is 1. The van der Waals surface area contributed by atoms with Crippen LogP contribution in [0.15, 0.2) is 11.4 Å². The molecular weight excluding hydrogens is 308 g/mol. The first kappa shape index (κ1) is 19.9. The zero-order valence-corrected chi connectivity index (χ0v) is 15.1. The van der Waals surface area contributed by atoms with E-state index in [1.165, 1.54) is 57.8 Å². The maximum atomic E-state index is 12.0. The lowest BCUT2D eigenvalue weighted by atomic mass is 10.0. The Kier molecular flexibility index (Phi) is 10.6. The molecule has 0 saturated carbocycles. The molecule has 0 aliphatic carbocycles. The molecule has 4 heteroatoms. The van der Waals surface area contributed by atoms with Crippen LogP contribution in [-0.2, 0) is 0 Å². The molecule has 0 fully saturated rings. The van der Waals surface area contributed by atoms with Gasteiger partial charge in [0, 0.05) is 12.0 Å². The smallest absolute Gasteiger partial charge is 0.346 e. The predicted octanol–water partition coefficient (Wildman–Crippen LogP) is 6.33. The Labute approximate surface area is 144 Å². The van der Waals surface area contributed by atoms with Crippen LogP contribution in [0.3, 0.4) is 0 Å². The van der Waals surface area contributed by atoms with Gasteiger partial charge in [-0.25, -0.2) is 4.79 Å². The van der Waals surface area contributed by atoms with E-state index in [4.69, 9.17) is 5.11 Å². The van der Waals surface area contributed by atoms with Gasteiger partial charge in [-0.05, 0) is 17.9 Å². The fourth-order valence-corrected chi connectivity index (χ4v) is 3.53. The summed E-state index contributed by atoms with van der Waals surface area (Å²) < 4.78 is 0. The first-order valence-corrected chi connectivity index (χ1v) is 9.88. The zero-order valence-electron chi connectivity index (χ0n) is 14.3. The second-order valence-corrected chi connectivity index (χ2v) is 7.09. The monoisotopic (exact) mass is 338 g/mol. The average molecular weight is 339 g/mol. The number of thiophene rings is 1. The molecule has 0 bridgehead atoms. The maximum absolute atomic E-state index is 12.0. The number of unbranched alkanes of at least 4 members (excludes halogenated alkanes) is 10. The molecule has 0 saturated heterocycles. The van der Waals surface area contributed by atoms with Gasteiger partial charge in [-0.2, -0.15) is 0 Å². The highest BCUT2D eigenvalue weighted by Crippen LogP contribution is 2.20.